The summed E-state index contributed by atoms with van der Waals surface area (Å²) < 4.78 is 27.1. The van der Waals surface area contributed by atoms with E-state index >= 15 is 0 Å². The summed E-state index contributed by atoms with van der Waals surface area (Å²) in [6.07, 6.45) is -4.43. The number of esters is 3. The number of hydrogen-bond acceptors (Lipinski definition) is 12. The molecular formula is C27H31NO12. The van der Waals surface area contributed by atoms with Gasteiger partial charge in [-0.1, -0.05) is 6.07 Å². The molecule has 1 aromatic carbocycles. The molecular weight excluding hydrogens is 530 g/mol. The van der Waals surface area contributed by atoms with Crippen molar-refractivity contribution >= 4 is 23.9 Å². The minimum absolute atomic E-state index is 0.0145. The molecule has 0 radical (unpaired) electrons. The molecule has 0 aromatic heterocycles. The molecule has 40 heavy (non-hydrogen) atoms. The van der Waals surface area contributed by atoms with E-state index in [1.165, 1.54) is 13.2 Å². The summed E-state index contributed by atoms with van der Waals surface area (Å²) in [5.74, 6) is -4.37. The Kier molecular flexibility index (Phi) is 6.79. The molecule has 216 valence electrons. The number of carboxylic acid groups (broad SMARTS) is 1. The predicted molar refractivity (Wildman–Crippen MR) is 132 cm³/mol. The Balaban J connectivity index is 1.49. The third-order valence-electron chi connectivity index (χ3n) is 8.47. The zero-order valence-electron chi connectivity index (χ0n) is 22.4. The highest BCUT2D eigenvalue weighted by molar-refractivity contribution is 5.89. The highest BCUT2D eigenvalue weighted by Crippen LogP contribution is 2.65. The molecule has 1 saturated heterocycles. The molecule has 3 N–H and O–H groups in total. The van der Waals surface area contributed by atoms with Gasteiger partial charge in [-0.15, -0.1) is 0 Å². The van der Waals surface area contributed by atoms with Crippen LogP contribution in [0.4, 0.5) is 0 Å². The minimum Gasteiger partial charge on any atom is -0.493 e. The van der Waals surface area contributed by atoms with Crippen molar-refractivity contribution in [1.82, 2.24) is 4.90 Å². The third kappa shape index (κ3) is 3.94. The van der Waals surface area contributed by atoms with Gasteiger partial charge in [-0.25, -0.2) is 14.4 Å². The average Bonchev–Trinajstić information content (AvgIpc) is 3.26. The number of aliphatic hydroxyl groups excluding tert-OH is 1. The molecule has 4 aliphatic rings. The molecule has 2 aliphatic carbocycles. The van der Waals surface area contributed by atoms with Gasteiger partial charge in [0.1, 0.15) is 5.76 Å². The zero-order chi connectivity index (χ0) is 29.1. The van der Waals surface area contributed by atoms with Crippen LogP contribution < -0.4 is 9.47 Å². The molecule has 2 bridgehead atoms. The van der Waals surface area contributed by atoms with Gasteiger partial charge in [0, 0.05) is 24.9 Å². The zero-order valence-corrected chi connectivity index (χ0v) is 22.4. The van der Waals surface area contributed by atoms with Gasteiger partial charge < -0.3 is 43.9 Å². The first-order chi connectivity index (χ1) is 18.9. The molecule has 0 saturated carbocycles. The summed E-state index contributed by atoms with van der Waals surface area (Å²) in [5, 5.41) is 31.7. The first kappa shape index (κ1) is 27.9. The van der Waals surface area contributed by atoms with Crippen molar-refractivity contribution in [2.75, 3.05) is 20.7 Å². The van der Waals surface area contributed by atoms with Crippen LogP contribution >= 0.6 is 0 Å². The topological polar surface area (TPSA) is 178 Å². The van der Waals surface area contributed by atoms with Crippen molar-refractivity contribution in [3.8, 4) is 11.5 Å². The second kappa shape index (κ2) is 9.75. The first-order valence-electron chi connectivity index (χ1n) is 12.9. The molecule has 1 spiro atoms. The lowest BCUT2D eigenvalue weighted by molar-refractivity contribution is -0.188. The Hall–Kier alpha value is -3.68. The quantitative estimate of drug-likeness (QED) is 0.282. The van der Waals surface area contributed by atoms with Gasteiger partial charge in [-0.3, -0.25) is 4.79 Å². The maximum absolute atomic E-state index is 13.3. The molecule has 13 nitrogen and oxygen atoms in total. The van der Waals surface area contributed by atoms with Crippen molar-refractivity contribution in [2.24, 2.45) is 0 Å². The van der Waals surface area contributed by atoms with E-state index in [0.717, 1.165) is 25.0 Å². The number of rotatable bonds is 8. The molecule has 2 unspecified atom stereocenters. The van der Waals surface area contributed by atoms with Crippen molar-refractivity contribution in [3.05, 3.63) is 35.1 Å². The van der Waals surface area contributed by atoms with E-state index in [0.29, 0.717) is 30.9 Å². The number of ether oxygens (including phenoxy) is 5. The SMILES string of the molecule is COc1ccc2c3c1OC1C(OC(=O)[C@@H](OC(C)=O)[C@H](O)C(=O)O[C@@H](C)C(=O)O)=CC[C@@]4(O)[C@@H](C2)N(C)CCC314. The molecule has 0 amide bonds. The lowest BCUT2D eigenvalue weighted by atomic mass is 9.50. The number of aliphatic hydroxyl groups is 2. The van der Waals surface area contributed by atoms with Crippen LogP contribution in [-0.4, -0.2) is 101 Å². The van der Waals surface area contributed by atoms with E-state index in [2.05, 4.69) is 9.64 Å². The van der Waals surface area contributed by atoms with Crippen molar-refractivity contribution in [2.45, 2.75) is 74.6 Å². The fraction of sp³-hybridized carbons (Fsp3) is 0.556. The number of carboxylic acids is 1. The van der Waals surface area contributed by atoms with Gasteiger partial charge in [-0.2, -0.15) is 0 Å². The van der Waals surface area contributed by atoms with E-state index in [9.17, 15) is 29.4 Å². The molecule has 7 atom stereocenters. The Morgan fingerprint density at radius 2 is 1.90 bits per heavy atom. The Bertz CT molecular complexity index is 1310. The van der Waals surface area contributed by atoms with Crippen LogP contribution in [0.3, 0.4) is 0 Å². The van der Waals surface area contributed by atoms with E-state index in [1.807, 2.05) is 13.1 Å². The number of aliphatic carboxylic acids is 1. The second-order valence-electron chi connectivity index (χ2n) is 10.6. The summed E-state index contributed by atoms with van der Waals surface area (Å²) in [4.78, 5) is 50.5. The maximum atomic E-state index is 13.3. The number of likely N-dealkylation sites (tertiary alicyclic amines) is 1. The van der Waals surface area contributed by atoms with Gasteiger partial charge in [0.05, 0.1) is 18.1 Å². The molecule has 1 fully saturated rings. The molecule has 2 heterocycles. The van der Waals surface area contributed by atoms with Crippen LogP contribution in [0.2, 0.25) is 0 Å². The van der Waals surface area contributed by atoms with E-state index < -0.39 is 59.3 Å². The van der Waals surface area contributed by atoms with Crippen LogP contribution in [0.5, 0.6) is 11.5 Å². The Morgan fingerprint density at radius 3 is 2.55 bits per heavy atom. The summed E-state index contributed by atoms with van der Waals surface area (Å²) in [7, 11) is 3.45. The van der Waals surface area contributed by atoms with Gasteiger partial charge in [0.2, 0.25) is 6.10 Å². The monoisotopic (exact) mass is 561 g/mol. The van der Waals surface area contributed by atoms with Crippen molar-refractivity contribution < 1.29 is 58.2 Å². The first-order valence-corrected chi connectivity index (χ1v) is 12.9. The lowest BCUT2D eigenvalue weighted by Crippen LogP contribution is -2.74. The largest absolute Gasteiger partial charge is 0.493 e. The highest BCUT2D eigenvalue weighted by atomic mass is 16.6. The Morgan fingerprint density at radius 1 is 1.18 bits per heavy atom. The number of nitrogens with zero attached hydrogens (tertiary/aromatic N) is 1. The van der Waals surface area contributed by atoms with Gasteiger partial charge >= 0.3 is 23.9 Å². The molecule has 1 aromatic rings. The summed E-state index contributed by atoms with van der Waals surface area (Å²) in [5.41, 5.74) is -0.475. The smallest absolute Gasteiger partial charge is 0.356 e. The second-order valence-corrected chi connectivity index (χ2v) is 10.6. The molecule has 13 heteroatoms. The van der Waals surface area contributed by atoms with E-state index in [4.69, 9.17) is 24.1 Å². The van der Waals surface area contributed by atoms with E-state index in [-0.39, 0.29) is 18.2 Å². The summed E-state index contributed by atoms with van der Waals surface area (Å²) in [6.45, 7) is 2.64. The lowest BCUT2D eigenvalue weighted by Gasteiger charge is -2.61. The fourth-order valence-corrected chi connectivity index (χ4v) is 6.60. The summed E-state index contributed by atoms with van der Waals surface area (Å²) in [6, 6.07) is 3.49. The number of hydrogen-bond donors (Lipinski definition) is 3. The fourth-order valence-electron chi connectivity index (χ4n) is 6.60. The van der Waals surface area contributed by atoms with Crippen LogP contribution in [0.25, 0.3) is 0 Å². The van der Waals surface area contributed by atoms with Crippen molar-refractivity contribution in [3.63, 3.8) is 0 Å². The average molecular weight is 562 g/mol. The number of piperidine rings is 1. The van der Waals surface area contributed by atoms with Crippen molar-refractivity contribution in [1.29, 1.82) is 0 Å². The minimum atomic E-state index is -2.37. The van der Waals surface area contributed by atoms with Crippen LogP contribution in [0.1, 0.15) is 37.8 Å². The normalized spacial score (nSPS) is 30.0. The number of benzene rings is 1. The molecule has 5 rings (SSSR count). The van der Waals surface area contributed by atoms with Crippen LogP contribution in [0, 0.1) is 0 Å². The number of likely N-dealkylation sites (N-methyl/N-ethyl adjacent to an activating group) is 1. The number of methoxy groups -OCH3 is 1. The molecule has 2 aliphatic heterocycles. The van der Waals surface area contributed by atoms with Gasteiger partial charge in [0.15, 0.2) is 29.8 Å². The number of carbonyl (C=O) groups excluding carboxylic acids is 3. The number of carbonyl (C=O) groups is 4. The van der Waals surface area contributed by atoms with Gasteiger partial charge in [0.25, 0.3) is 0 Å². The maximum Gasteiger partial charge on any atom is 0.356 e. The van der Waals surface area contributed by atoms with Gasteiger partial charge in [-0.05, 0) is 51.1 Å². The van der Waals surface area contributed by atoms with Crippen LogP contribution in [-0.2, 0) is 45.2 Å². The van der Waals surface area contributed by atoms with E-state index in [1.54, 1.807) is 6.07 Å². The highest BCUT2D eigenvalue weighted by Gasteiger charge is 2.72. The standard InChI is InChI=1S/C27H31NO12/c1-12(23(31)32)37-24(33)19(30)21(38-13(2)29)25(34)39-16-7-8-27(35)17-11-14-5-6-15(36-4)20-18(14)26(27,22(16)40-20)9-10-28(17)3/h5-7,12,17,19,21-22,30,35H,8-11H2,1-4H3,(H,31,32)/t12-,17+,19-,21-,22?,26?,27+/m0/s1. The summed E-state index contributed by atoms with van der Waals surface area (Å²) >= 11 is 0. The Labute approximate surface area is 229 Å². The van der Waals surface area contributed by atoms with Crippen LogP contribution in [0.15, 0.2) is 24.0 Å². The third-order valence-corrected chi connectivity index (χ3v) is 8.47. The predicted octanol–water partition coefficient (Wildman–Crippen LogP) is -0.175.